The molecule has 50 heavy (non-hydrogen) atoms. The lowest BCUT2D eigenvalue weighted by Gasteiger charge is -2.36. The third kappa shape index (κ3) is 14.5. The van der Waals surface area contributed by atoms with Crippen molar-refractivity contribution in [2.24, 2.45) is 0 Å². The Labute approximate surface area is 312 Å². The minimum atomic E-state index is 0.0827. The van der Waals surface area contributed by atoms with Crippen LogP contribution in [0.2, 0.25) is 10.0 Å². The first-order valence-electron chi connectivity index (χ1n) is 19.7. The molecule has 0 aliphatic carbocycles. The van der Waals surface area contributed by atoms with Crippen LogP contribution in [0.3, 0.4) is 0 Å². The molecule has 0 N–H and O–H groups in total. The first-order chi connectivity index (χ1) is 24.6. The number of carbonyl (C=O) groups excluding carboxylic acids is 1. The van der Waals surface area contributed by atoms with Crippen molar-refractivity contribution >= 4 is 40.5 Å². The van der Waals surface area contributed by atoms with Crippen LogP contribution in [0.15, 0.2) is 36.4 Å². The molecule has 1 fully saturated rings. The molecule has 2 heterocycles. The van der Waals surface area contributed by atoms with E-state index in [0.717, 1.165) is 81.1 Å². The minimum Gasteiger partial charge on any atom is -0.494 e. The number of aryl methyl sites for hydroxylation is 1. The van der Waals surface area contributed by atoms with E-state index in [4.69, 9.17) is 37.4 Å². The van der Waals surface area contributed by atoms with Gasteiger partial charge in [-0.1, -0.05) is 126 Å². The number of carbonyl (C=O) groups is 1. The van der Waals surface area contributed by atoms with E-state index in [0.29, 0.717) is 29.7 Å². The van der Waals surface area contributed by atoms with Crippen LogP contribution in [-0.4, -0.2) is 70.3 Å². The Morgan fingerprint density at radius 3 is 2.04 bits per heavy atom. The van der Waals surface area contributed by atoms with Gasteiger partial charge in [0.2, 0.25) is 5.91 Å². The molecule has 2 aromatic carbocycles. The van der Waals surface area contributed by atoms with E-state index in [2.05, 4.69) is 22.8 Å². The monoisotopic (exact) mass is 731 g/mol. The summed E-state index contributed by atoms with van der Waals surface area (Å²) in [5, 5.41) is 1.25. The molecule has 2 aliphatic heterocycles. The summed E-state index contributed by atoms with van der Waals surface area (Å²) < 4.78 is 17.7. The maximum atomic E-state index is 12.8. The Kier molecular flexibility index (Phi) is 19.8. The molecule has 0 aromatic heterocycles. The topological polar surface area (TPSA) is 54.5 Å². The highest BCUT2D eigenvalue weighted by Gasteiger charge is 2.25. The van der Waals surface area contributed by atoms with Crippen LogP contribution in [0.5, 0.6) is 5.75 Å². The van der Waals surface area contributed by atoms with Crippen molar-refractivity contribution in [2.45, 2.75) is 122 Å². The second-order valence-electron chi connectivity index (χ2n) is 14.0. The van der Waals surface area contributed by atoms with E-state index in [1.807, 2.05) is 30.3 Å². The Morgan fingerprint density at radius 2 is 1.34 bits per heavy atom. The lowest BCUT2D eigenvalue weighted by molar-refractivity contribution is -0.121. The van der Waals surface area contributed by atoms with Crippen molar-refractivity contribution in [3.8, 4) is 5.75 Å². The number of nitrogens with zero attached hydrogens (tertiary/aromatic N) is 3. The molecule has 1 amide bonds. The third-order valence-corrected chi connectivity index (χ3v) is 10.9. The third-order valence-electron chi connectivity index (χ3n) is 10.1. The fourth-order valence-electron chi connectivity index (χ4n) is 6.97. The largest absolute Gasteiger partial charge is 0.494 e. The van der Waals surface area contributed by atoms with E-state index in [9.17, 15) is 4.79 Å². The highest BCUT2D eigenvalue weighted by molar-refractivity contribution is 6.43. The molecule has 7 nitrogen and oxygen atoms in total. The quantitative estimate of drug-likeness (QED) is 0.0709. The van der Waals surface area contributed by atoms with Crippen molar-refractivity contribution in [1.29, 1.82) is 0 Å². The standard InChI is InChI=1S/C41H63Cl2N3O4/c1-2-3-4-5-6-7-8-9-10-11-12-13-14-16-30-48-34-49-33-46-39-32-36(23-21-35(39)22-24-40(46)47)50-31-17-15-25-44-26-28-45(29-27-44)38-20-18-19-37(42)41(38)43/h18-21,23,32H,2-17,22,24-31,33-34H2,1H3. The predicted octanol–water partition coefficient (Wildman–Crippen LogP) is 10.7. The summed E-state index contributed by atoms with van der Waals surface area (Å²) in [4.78, 5) is 19.4. The van der Waals surface area contributed by atoms with Gasteiger partial charge >= 0.3 is 0 Å². The number of ether oxygens (including phenoxy) is 3. The van der Waals surface area contributed by atoms with E-state index in [-0.39, 0.29) is 19.4 Å². The van der Waals surface area contributed by atoms with Gasteiger partial charge in [0, 0.05) is 45.3 Å². The van der Waals surface area contributed by atoms with Gasteiger partial charge in [0.05, 0.1) is 28.0 Å². The number of rotatable bonds is 26. The summed E-state index contributed by atoms with van der Waals surface area (Å²) in [6, 6.07) is 11.9. The molecule has 9 heteroatoms. The molecule has 0 atom stereocenters. The van der Waals surface area contributed by atoms with Crippen molar-refractivity contribution in [1.82, 2.24) is 4.90 Å². The maximum Gasteiger partial charge on any atom is 0.229 e. The number of anilines is 2. The maximum absolute atomic E-state index is 12.8. The Morgan fingerprint density at radius 1 is 0.680 bits per heavy atom. The minimum absolute atomic E-state index is 0.0827. The number of hydrogen-bond donors (Lipinski definition) is 0. The van der Waals surface area contributed by atoms with Gasteiger partial charge in [-0.15, -0.1) is 0 Å². The van der Waals surface area contributed by atoms with Gasteiger partial charge in [0.15, 0.2) is 0 Å². The first kappa shape index (κ1) is 40.7. The van der Waals surface area contributed by atoms with Crippen molar-refractivity contribution in [3.05, 3.63) is 52.0 Å². The number of amides is 1. The van der Waals surface area contributed by atoms with Crippen LogP contribution in [-0.2, 0) is 20.7 Å². The van der Waals surface area contributed by atoms with Gasteiger partial charge in [-0.2, -0.15) is 0 Å². The SMILES string of the molecule is CCCCCCCCCCCCCCCCOCOCN1C(=O)CCc2ccc(OCCCCN3CCN(c4cccc(Cl)c4Cl)CC3)cc21. The van der Waals surface area contributed by atoms with Crippen molar-refractivity contribution in [2.75, 3.05) is 69.3 Å². The molecule has 2 aromatic rings. The number of unbranched alkanes of at least 4 members (excludes halogenated alkanes) is 14. The average molecular weight is 733 g/mol. The molecule has 280 valence electrons. The summed E-state index contributed by atoms with van der Waals surface area (Å²) in [6.45, 7) is 8.97. The fraction of sp³-hybridized carbons (Fsp3) is 0.683. The summed E-state index contributed by atoms with van der Waals surface area (Å²) in [6.07, 6.45) is 22.1. The smallest absolute Gasteiger partial charge is 0.229 e. The second kappa shape index (κ2) is 24.3. The Balaban J connectivity index is 1.02. The van der Waals surface area contributed by atoms with Crippen molar-refractivity contribution < 1.29 is 19.0 Å². The highest BCUT2D eigenvalue weighted by atomic mass is 35.5. The van der Waals surface area contributed by atoms with Crippen LogP contribution in [0.1, 0.15) is 122 Å². The number of halogens is 2. The summed E-state index contributed by atoms with van der Waals surface area (Å²) >= 11 is 12.7. The number of hydrogen-bond acceptors (Lipinski definition) is 6. The Bertz CT molecular complexity index is 1240. The Hall–Kier alpha value is -2.03. The summed E-state index contributed by atoms with van der Waals surface area (Å²) in [5.74, 6) is 0.879. The zero-order valence-corrected chi connectivity index (χ0v) is 32.3. The molecule has 0 bridgehead atoms. The molecule has 4 rings (SSSR count). The van der Waals surface area contributed by atoms with Crippen LogP contribution in [0.25, 0.3) is 0 Å². The highest BCUT2D eigenvalue weighted by Crippen LogP contribution is 2.33. The lowest BCUT2D eigenvalue weighted by atomic mass is 10.0. The van der Waals surface area contributed by atoms with E-state index in [1.54, 1.807) is 4.90 Å². The van der Waals surface area contributed by atoms with Crippen molar-refractivity contribution in [3.63, 3.8) is 0 Å². The normalized spacial score (nSPS) is 15.1. The fourth-order valence-corrected chi connectivity index (χ4v) is 7.39. The van der Waals surface area contributed by atoms with Crippen LogP contribution < -0.4 is 14.5 Å². The molecule has 0 radical (unpaired) electrons. The van der Waals surface area contributed by atoms with Gasteiger partial charge in [-0.25, -0.2) is 0 Å². The van der Waals surface area contributed by atoms with Gasteiger partial charge in [-0.3, -0.25) is 14.6 Å². The van der Waals surface area contributed by atoms with Gasteiger partial charge in [0.1, 0.15) is 19.3 Å². The van der Waals surface area contributed by atoms with Gasteiger partial charge in [0.25, 0.3) is 0 Å². The molecule has 0 saturated carbocycles. The summed E-state index contributed by atoms with van der Waals surface area (Å²) in [5.41, 5.74) is 3.07. The summed E-state index contributed by atoms with van der Waals surface area (Å²) in [7, 11) is 0. The zero-order valence-electron chi connectivity index (χ0n) is 30.8. The number of benzene rings is 2. The predicted molar refractivity (Wildman–Crippen MR) is 209 cm³/mol. The number of piperazine rings is 1. The molecule has 1 saturated heterocycles. The molecule has 0 spiro atoms. The lowest BCUT2D eigenvalue weighted by Crippen LogP contribution is -2.46. The second-order valence-corrected chi connectivity index (χ2v) is 14.8. The zero-order chi connectivity index (χ0) is 35.2. The molecular weight excluding hydrogens is 669 g/mol. The molecule has 2 aliphatic rings. The van der Waals surface area contributed by atoms with Gasteiger partial charge < -0.3 is 19.1 Å². The average Bonchev–Trinajstić information content (AvgIpc) is 3.13. The molecular formula is C41H63Cl2N3O4. The van der Waals surface area contributed by atoms with Crippen LogP contribution in [0, 0.1) is 0 Å². The molecule has 0 unspecified atom stereocenters. The number of fused-ring (bicyclic) bond motifs is 1. The van der Waals surface area contributed by atoms with E-state index in [1.165, 1.54) is 83.5 Å². The van der Waals surface area contributed by atoms with Crippen LogP contribution >= 0.6 is 23.2 Å². The first-order valence-corrected chi connectivity index (χ1v) is 20.4. The van der Waals surface area contributed by atoms with Gasteiger partial charge in [-0.05, 0) is 56.0 Å². The van der Waals surface area contributed by atoms with Crippen LogP contribution in [0.4, 0.5) is 11.4 Å². The van der Waals surface area contributed by atoms with E-state index < -0.39 is 0 Å². The van der Waals surface area contributed by atoms with E-state index >= 15 is 0 Å².